The third-order valence-corrected chi connectivity index (χ3v) is 14.2. The molecule has 0 unspecified atom stereocenters. The Labute approximate surface area is 365 Å². The molecule has 10 rings (SSSR count). The van der Waals surface area contributed by atoms with Gasteiger partial charge in [-0.05, 0) is 123 Å². The van der Waals surface area contributed by atoms with Crippen molar-refractivity contribution in [1.82, 2.24) is 0 Å². The first-order chi connectivity index (χ1) is 30.3. The summed E-state index contributed by atoms with van der Waals surface area (Å²) < 4.78 is 40.0. The van der Waals surface area contributed by atoms with Crippen LogP contribution in [0.2, 0.25) is 0 Å². The quantitative estimate of drug-likeness (QED) is 0.0280. The van der Waals surface area contributed by atoms with Crippen LogP contribution in [0, 0.1) is 54.5 Å². The molecule has 324 valence electrons. The monoisotopic (exact) mass is 896 g/mol. The Balaban J connectivity index is 0.000000160. The summed E-state index contributed by atoms with van der Waals surface area (Å²) in [5, 5.41) is 21.0. The fraction of sp³-hybridized carbons (Fsp3) is 0.326. The molecule has 13 nitrogen and oxygen atoms in total. The second kappa shape index (κ2) is 16.7. The van der Waals surface area contributed by atoms with E-state index in [0.29, 0.717) is 40.7 Å². The zero-order valence-corrected chi connectivity index (χ0v) is 35.1. The lowest BCUT2D eigenvalue weighted by Crippen LogP contribution is -2.27. The summed E-state index contributed by atoms with van der Waals surface area (Å²) in [5.41, 5.74) is 1.90. The van der Waals surface area contributed by atoms with Crippen molar-refractivity contribution in [2.45, 2.75) is 51.4 Å². The van der Waals surface area contributed by atoms with E-state index in [1.807, 2.05) is 18.2 Å². The van der Waals surface area contributed by atoms with Gasteiger partial charge in [-0.3, -0.25) is 14.4 Å². The number of halogens is 2. The van der Waals surface area contributed by atoms with Gasteiger partial charge in [0.1, 0.15) is 36.3 Å². The van der Waals surface area contributed by atoms with Crippen LogP contribution in [-0.4, -0.2) is 47.5 Å². The number of nitrogens with zero attached hydrogens (tertiary/aromatic N) is 2. The molecule has 0 atom stereocenters. The second-order valence-electron chi connectivity index (χ2n) is 16.7. The van der Waals surface area contributed by atoms with Gasteiger partial charge in [0, 0.05) is 48.5 Å². The zero-order valence-electron chi connectivity index (χ0n) is 33.5. The number of carbonyl (C=O) groups is 3. The Morgan fingerprint density at radius 2 is 1.08 bits per heavy atom. The molecule has 2 heterocycles. The van der Waals surface area contributed by atoms with E-state index >= 15 is 0 Å². The normalized spacial score (nSPS) is 16.7. The standard InChI is InChI=1S/C23H18FNO6S.C23H20FNO5S/c24-15-5-3-13(4-6-15)19-17-8-7-16(11-18(17)32-21(19)20(26)14-1-2-14)31-22(27)23(9-10-23)12-30-25(28)29;24-16-5-3-14(4-6-16)20-18-8-7-17(29-12-23(9-10-23)13-30-25(27)28)11-19(18)31-22(20)21(26)15-1-2-15/h3-8,11,14H,1-2,9-10,12H2;3-8,11,15H,1-2,9-10,12-13H2. The van der Waals surface area contributed by atoms with E-state index in [-0.39, 0.29) is 53.7 Å². The van der Waals surface area contributed by atoms with Crippen LogP contribution < -0.4 is 9.47 Å². The maximum absolute atomic E-state index is 13.5. The van der Waals surface area contributed by atoms with Crippen LogP contribution in [0.4, 0.5) is 8.78 Å². The number of hydrogen-bond donors (Lipinski definition) is 0. The highest BCUT2D eigenvalue weighted by atomic mass is 32.1. The van der Waals surface area contributed by atoms with E-state index in [1.54, 1.807) is 42.5 Å². The Hall–Kier alpha value is -6.33. The van der Waals surface area contributed by atoms with Gasteiger partial charge >= 0.3 is 5.97 Å². The lowest BCUT2D eigenvalue weighted by Gasteiger charge is -2.15. The van der Waals surface area contributed by atoms with Gasteiger partial charge in [0.25, 0.3) is 10.2 Å². The fourth-order valence-corrected chi connectivity index (χ4v) is 9.95. The molecule has 4 aliphatic rings. The molecule has 0 saturated heterocycles. The van der Waals surface area contributed by atoms with Crippen LogP contribution in [0.3, 0.4) is 0 Å². The molecule has 0 spiro atoms. The van der Waals surface area contributed by atoms with Gasteiger partial charge in [0.2, 0.25) is 0 Å². The van der Waals surface area contributed by atoms with E-state index in [4.69, 9.17) is 9.47 Å². The Morgan fingerprint density at radius 3 is 1.52 bits per heavy atom. The number of ketones is 2. The molecule has 6 aromatic rings. The Morgan fingerprint density at radius 1 is 0.619 bits per heavy atom. The van der Waals surface area contributed by atoms with Crippen molar-refractivity contribution in [2.75, 3.05) is 19.8 Å². The molecule has 0 bridgehead atoms. The van der Waals surface area contributed by atoms with Crippen LogP contribution in [0.25, 0.3) is 42.4 Å². The smallest absolute Gasteiger partial charge is 0.319 e. The number of hydrogen-bond acceptors (Lipinski definition) is 13. The van der Waals surface area contributed by atoms with Crippen LogP contribution >= 0.6 is 22.7 Å². The van der Waals surface area contributed by atoms with Crippen molar-refractivity contribution in [1.29, 1.82) is 0 Å². The first-order valence-corrected chi connectivity index (χ1v) is 22.1. The van der Waals surface area contributed by atoms with Gasteiger partial charge in [-0.15, -0.1) is 42.9 Å². The molecule has 4 aliphatic carbocycles. The summed E-state index contributed by atoms with van der Waals surface area (Å²) >= 11 is 2.77. The van der Waals surface area contributed by atoms with Gasteiger partial charge in [-0.2, -0.15) is 0 Å². The average molecular weight is 897 g/mol. The average Bonchev–Trinajstić information content (AvgIpc) is 4.07. The lowest BCUT2D eigenvalue weighted by atomic mass is 9.99. The molecule has 0 aliphatic heterocycles. The first-order valence-electron chi connectivity index (χ1n) is 20.4. The van der Waals surface area contributed by atoms with E-state index in [9.17, 15) is 43.4 Å². The highest BCUT2D eigenvalue weighted by molar-refractivity contribution is 7.22. The van der Waals surface area contributed by atoms with Crippen molar-refractivity contribution >= 4 is 60.4 Å². The highest BCUT2D eigenvalue weighted by Gasteiger charge is 2.53. The maximum atomic E-state index is 13.5. The molecule has 0 radical (unpaired) electrons. The first kappa shape index (κ1) is 42.0. The highest BCUT2D eigenvalue weighted by Crippen LogP contribution is 2.50. The number of carbonyl (C=O) groups excluding carboxylic acids is 3. The predicted molar refractivity (Wildman–Crippen MR) is 229 cm³/mol. The number of rotatable bonds is 17. The molecule has 4 fully saturated rings. The Bertz CT molecular complexity index is 2790. The third-order valence-electron chi connectivity index (χ3n) is 11.9. The Kier molecular flexibility index (Phi) is 11.2. The van der Waals surface area contributed by atoms with Crippen molar-refractivity contribution in [2.24, 2.45) is 22.7 Å². The zero-order chi connectivity index (χ0) is 44.0. The molecular formula is C46H38F2N2O11S2. The summed E-state index contributed by atoms with van der Waals surface area (Å²) in [5.74, 6) is 0.0504. The molecule has 2 aromatic heterocycles. The van der Waals surface area contributed by atoms with Crippen molar-refractivity contribution in [3.05, 3.63) is 127 Å². The predicted octanol–water partition coefficient (Wildman–Crippen LogP) is 10.9. The van der Waals surface area contributed by atoms with Crippen molar-refractivity contribution < 1.29 is 52.5 Å². The third kappa shape index (κ3) is 9.25. The molecule has 0 N–H and O–H groups in total. The van der Waals surface area contributed by atoms with Crippen LogP contribution in [-0.2, 0) is 14.5 Å². The van der Waals surface area contributed by atoms with E-state index in [1.165, 1.54) is 46.9 Å². The van der Waals surface area contributed by atoms with Crippen molar-refractivity contribution in [3.63, 3.8) is 0 Å². The molecule has 4 aromatic carbocycles. The number of Topliss-reactive ketones (excluding diaryl/α,β-unsaturated/α-hetero) is 2. The van der Waals surface area contributed by atoms with Gasteiger partial charge < -0.3 is 19.1 Å². The summed E-state index contributed by atoms with van der Waals surface area (Å²) in [6.45, 7) is 0.0568. The number of benzene rings is 4. The van der Waals surface area contributed by atoms with Crippen LogP contribution in [0.5, 0.6) is 11.5 Å². The summed E-state index contributed by atoms with van der Waals surface area (Å²) in [6, 6.07) is 23.0. The maximum Gasteiger partial charge on any atom is 0.319 e. The van der Waals surface area contributed by atoms with Crippen LogP contribution in [0.15, 0.2) is 84.9 Å². The number of fused-ring (bicyclic) bond motifs is 2. The number of esters is 1. The minimum Gasteiger partial charge on any atom is -0.493 e. The fourth-order valence-electron chi connectivity index (χ4n) is 7.41. The van der Waals surface area contributed by atoms with E-state index in [0.717, 1.165) is 81.0 Å². The van der Waals surface area contributed by atoms with Crippen molar-refractivity contribution in [3.8, 4) is 33.8 Å². The van der Waals surface area contributed by atoms with Gasteiger partial charge in [0.15, 0.2) is 11.6 Å². The molecule has 4 saturated carbocycles. The topological polar surface area (TPSA) is 174 Å². The second-order valence-corrected chi connectivity index (χ2v) is 18.8. The van der Waals surface area contributed by atoms with Crippen LogP contribution in [0.1, 0.15) is 70.7 Å². The lowest BCUT2D eigenvalue weighted by molar-refractivity contribution is -0.760. The largest absolute Gasteiger partial charge is 0.493 e. The molecule has 17 heteroatoms. The summed E-state index contributed by atoms with van der Waals surface area (Å²) in [4.78, 5) is 69.7. The van der Waals surface area contributed by atoms with Gasteiger partial charge in [-0.25, -0.2) is 8.78 Å². The minimum absolute atomic E-state index is 0.0240. The molecular weight excluding hydrogens is 859 g/mol. The van der Waals surface area contributed by atoms with E-state index < -0.39 is 21.6 Å². The number of thiophene rings is 2. The number of ether oxygens (including phenoxy) is 2. The minimum atomic E-state index is -0.982. The van der Waals surface area contributed by atoms with Gasteiger partial charge in [0.05, 0.1) is 21.8 Å². The SMILES string of the molecule is O=C(c1sc2cc(OC(=O)C3(CO[N+](=O)[O-])CC3)ccc2c1-c1ccc(F)cc1)C1CC1.O=C(c1sc2cc(OCC3(CO[N+](=O)[O-])CC3)ccc2c1-c1ccc(F)cc1)C1CC1. The molecule has 63 heavy (non-hydrogen) atoms. The summed E-state index contributed by atoms with van der Waals surface area (Å²) in [6.07, 6.45) is 6.16. The van der Waals surface area contributed by atoms with Gasteiger partial charge in [-0.1, -0.05) is 24.3 Å². The van der Waals surface area contributed by atoms with E-state index in [2.05, 4.69) is 9.68 Å². The molecule has 0 amide bonds. The summed E-state index contributed by atoms with van der Waals surface area (Å²) in [7, 11) is 0.